The summed E-state index contributed by atoms with van der Waals surface area (Å²) in [5.41, 5.74) is 4.40. The van der Waals surface area contributed by atoms with Crippen molar-refractivity contribution in [2.24, 2.45) is 0 Å². The zero-order valence-electron chi connectivity index (χ0n) is 21.5. The molecule has 7 heteroatoms. The Labute approximate surface area is 226 Å². The molecular formula is C31H29ClN2O4. The first-order chi connectivity index (χ1) is 18.3. The van der Waals surface area contributed by atoms with Crippen molar-refractivity contribution >= 4 is 40.0 Å². The molecule has 0 aliphatic carbocycles. The molecule has 1 atom stereocenters. The maximum absolute atomic E-state index is 13.4. The number of aliphatic hydroxyl groups is 1. The number of rotatable bonds is 7. The highest BCUT2D eigenvalue weighted by atomic mass is 35.5. The second-order valence-electron chi connectivity index (χ2n) is 9.80. The lowest BCUT2D eigenvalue weighted by Crippen LogP contribution is -2.31. The number of carbonyl (C=O) groups is 2. The van der Waals surface area contributed by atoms with E-state index in [1.807, 2.05) is 48.7 Å². The van der Waals surface area contributed by atoms with Crippen LogP contribution in [0.25, 0.3) is 16.7 Å². The van der Waals surface area contributed by atoms with Gasteiger partial charge in [0.25, 0.3) is 11.7 Å². The molecule has 1 aliphatic heterocycles. The average molecular weight is 529 g/mol. The van der Waals surface area contributed by atoms with Crippen molar-refractivity contribution in [2.45, 2.75) is 32.2 Å². The minimum Gasteiger partial charge on any atom is -0.507 e. The van der Waals surface area contributed by atoms with Gasteiger partial charge in [-0.15, -0.1) is 0 Å². The number of aromatic nitrogens is 1. The molecule has 1 saturated heterocycles. The molecule has 0 saturated carbocycles. The minimum absolute atomic E-state index is 0.0789. The molecule has 0 bridgehead atoms. The van der Waals surface area contributed by atoms with Gasteiger partial charge in [-0.3, -0.25) is 9.59 Å². The van der Waals surface area contributed by atoms with Gasteiger partial charge in [-0.05, 0) is 71.5 Å². The fraction of sp³-hybridized carbons (Fsp3) is 0.226. The van der Waals surface area contributed by atoms with Crippen LogP contribution < -0.4 is 4.74 Å². The van der Waals surface area contributed by atoms with Crippen LogP contribution in [0.2, 0.25) is 5.02 Å². The Hall–Kier alpha value is -4.03. The van der Waals surface area contributed by atoms with Crippen LogP contribution in [0.1, 0.15) is 48.1 Å². The van der Waals surface area contributed by atoms with Gasteiger partial charge in [0.05, 0.1) is 18.7 Å². The molecule has 6 nitrogen and oxygen atoms in total. The van der Waals surface area contributed by atoms with E-state index in [1.54, 1.807) is 36.3 Å². The number of aromatic amines is 1. The van der Waals surface area contributed by atoms with E-state index in [0.717, 1.165) is 33.3 Å². The summed E-state index contributed by atoms with van der Waals surface area (Å²) in [6.07, 6.45) is 2.43. The summed E-state index contributed by atoms with van der Waals surface area (Å²) < 4.78 is 5.38. The first-order valence-electron chi connectivity index (χ1n) is 12.6. The number of carbonyl (C=O) groups excluding carboxylic acids is 2. The van der Waals surface area contributed by atoms with E-state index < -0.39 is 17.7 Å². The molecule has 0 spiro atoms. The van der Waals surface area contributed by atoms with Gasteiger partial charge in [0.2, 0.25) is 0 Å². The SMILES string of the molecule is COc1ccc2[nH]cc(CCN3C(=O)C(=O)/C(=C(\O)c4ccc(Cl)cc4)C3c3ccc(C(C)C)cc3)c2c1. The number of ether oxygens (including phenoxy) is 1. The number of methoxy groups -OCH3 is 1. The number of benzene rings is 3. The minimum atomic E-state index is -0.716. The summed E-state index contributed by atoms with van der Waals surface area (Å²) in [5.74, 6) is -0.459. The van der Waals surface area contributed by atoms with Crippen molar-refractivity contribution in [3.8, 4) is 5.75 Å². The lowest BCUT2D eigenvalue weighted by Gasteiger charge is -2.25. The smallest absolute Gasteiger partial charge is 0.295 e. The predicted molar refractivity (Wildman–Crippen MR) is 150 cm³/mol. The first-order valence-corrected chi connectivity index (χ1v) is 12.9. The zero-order valence-corrected chi connectivity index (χ0v) is 22.3. The first kappa shape index (κ1) is 25.6. The standard InChI is InChI=1S/C31H29ClN2O4/c1-18(2)19-4-6-20(7-5-19)28-27(29(35)21-8-10-23(32)11-9-21)30(36)31(37)34(28)15-14-22-17-33-26-13-12-24(38-3)16-25(22)26/h4-13,16-18,28,33,35H,14-15H2,1-3H3/b29-27-. The summed E-state index contributed by atoms with van der Waals surface area (Å²) in [7, 11) is 1.62. The Bertz CT molecular complexity index is 1530. The highest BCUT2D eigenvalue weighted by molar-refractivity contribution is 6.46. The maximum Gasteiger partial charge on any atom is 0.295 e. The molecule has 1 fully saturated rings. The van der Waals surface area contributed by atoms with Crippen molar-refractivity contribution in [1.82, 2.24) is 9.88 Å². The number of Topliss-reactive ketones (excluding diaryl/α,β-unsaturated/α-hetero) is 1. The van der Waals surface area contributed by atoms with Crippen LogP contribution in [0.4, 0.5) is 0 Å². The van der Waals surface area contributed by atoms with Gasteiger partial charge in [-0.25, -0.2) is 0 Å². The van der Waals surface area contributed by atoms with Crippen LogP contribution in [0.15, 0.2) is 78.5 Å². The second-order valence-corrected chi connectivity index (χ2v) is 10.2. The van der Waals surface area contributed by atoms with Gasteiger partial charge in [0.1, 0.15) is 11.5 Å². The quantitative estimate of drug-likeness (QED) is 0.160. The number of nitrogens with one attached hydrogen (secondary N) is 1. The summed E-state index contributed by atoms with van der Waals surface area (Å²) in [5, 5.41) is 12.8. The molecule has 1 aromatic heterocycles. The van der Waals surface area contributed by atoms with Crippen LogP contribution in [-0.4, -0.2) is 40.3 Å². The Balaban J connectivity index is 1.55. The number of halogens is 1. The molecule has 1 aliphatic rings. The van der Waals surface area contributed by atoms with Crippen molar-refractivity contribution < 1.29 is 19.4 Å². The topological polar surface area (TPSA) is 82.6 Å². The van der Waals surface area contributed by atoms with Crippen LogP contribution in [0.5, 0.6) is 5.75 Å². The number of nitrogens with zero attached hydrogens (tertiary/aromatic N) is 1. The van der Waals surface area contributed by atoms with E-state index in [2.05, 4.69) is 18.8 Å². The van der Waals surface area contributed by atoms with Crippen molar-refractivity contribution in [3.63, 3.8) is 0 Å². The molecule has 1 unspecified atom stereocenters. The zero-order chi connectivity index (χ0) is 27.0. The number of hydrogen-bond acceptors (Lipinski definition) is 4. The number of H-pyrrole nitrogens is 1. The predicted octanol–water partition coefficient (Wildman–Crippen LogP) is 6.62. The van der Waals surface area contributed by atoms with Gasteiger partial charge < -0.3 is 19.7 Å². The van der Waals surface area contributed by atoms with E-state index in [1.165, 1.54) is 0 Å². The molecule has 5 rings (SSSR count). The number of aliphatic hydroxyl groups excluding tert-OH is 1. The Morgan fingerprint density at radius 3 is 2.42 bits per heavy atom. The third kappa shape index (κ3) is 4.68. The molecule has 2 heterocycles. The van der Waals surface area contributed by atoms with Crippen molar-refractivity contribution in [3.05, 3.63) is 106 Å². The van der Waals surface area contributed by atoms with E-state index in [-0.39, 0.29) is 11.3 Å². The molecule has 2 N–H and O–H groups in total. The molecule has 1 amide bonds. The highest BCUT2D eigenvalue weighted by Gasteiger charge is 2.45. The monoisotopic (exact) mass is 528 g/mol. The van der Waals surface area contributed by atoms with Crippen molar-refractivity contribution in [2.75, 3.05) is 13.7 Å². The molecule has 194 valence electrons. The van der Waals surface area contributed by atoms with Crippen LogP contribution in [0, 0.1) is 0 Å². The van der Waals surface area contributed by atoms with E-state index in [4.69, 9.17) is 16.3 Å². The lowest BCUT2D eigenvalue weighted by molar-refractivity contribution is -0.139. The lowest BCUT2D eigenvalue weighted by atomic mass is 9.93. The van der Waals surface area contributed by atoms with E-state index in [9.17, 15) is 14.7 Å². The Kier molecular flexibility index (Phi) is 7.00. The molecule has 0 radical (unpaired) electrons. The maximum atomic E-state index is 13.4. The average Bonchev–Trinajstić information content (AvgIpc) is 3.44. The fourth-order valence-electron chi connectivity index (χ4n) is 5.02. The number of hydrogen-bond donors (Lipinski definition) is 2. The Morgan fingerprint density at radius 2 is 1.76 bits per heavy atom. The summed E-state index contributed by atoms with van der Waals surface area (Å²) in [4.78, 5) is 31.6. The summed E-state index contributed by atoms with van der Waals surface area (Å²) >= 11 is 6.03. The summed E-state index contributed by atoms with van der Waals surface area (Å²) in [6.45, 7) is 4.51. The van der Waals surface area contributed by atoms with Crippen LogP contribution in [0.3, 0.4) is 0 Å². The second kappa shape index (κ2) is 10.4. The van der Waals surface area contributed by atoms with Crippen molar-refractivity contribution in [1.29, 1.82) is 0 Å². The van der Waals surface area contributed by atoms with Gasteiger partial charge in [-0.1, -0.05) is 49.7 Å². The van der Waals surface area contributed by atoms with Gasteiger partial charge in [-0.2, -0.15) is 0 Å². The van der Waals surface area contributed by atoms with E-state index >= 15 is 0 Å². The number of amides is 1. The van der Waals surface area contributed by atoms with Gasteiger partial charge >= 0.3 is 0 Å². The number of likely N-dealkylation sites (tertiary alicyclic amines) is 1. The fourth-order valence-corrected chi connectivity index (χ4v) is 5.14. The third-order valence-electron chi connectivity index (χ3n) is 7.17. The molecular weight excluding hydrogens is 500 g/mol. The normalized spacial score (nSPS) is 17.1. The number of fused-ring (bicyclic) bond motifs is 1. The molecule has 4 aromatic rings. The highest BCUT2D eigenvalue weighted by Crippen LogP contribution is 2.40. The van der Waals surface area contributed by atoms with Crippen LogP contribution in [-0.2, 0) is 16.0 Å². The molecule has 3 aromatic carbocycles. The largest absolute Gasteiger partial charge is 0.507 e. The number of ketones is 1. The van der Waals surface area contributed by atoms with E-state index in [0.29, 0.717) is 29.5 Å². The van der Waals surface area contributed by atoms with Gasteiger partial charge in [0, 0.05) is 34.2 Å². The summed E-state index contributed by atoms with van der Waals surface area (Å²) in [6, 6.07) is 19.5. The Morgan fingerprint density at radius 1 is 1.05 bits per heavy atom. The third-order valence-corrected chi connectivity index (χ3v) is 7.43. The van der Waals surface area contributed by atoms with Gasteiger partial charge in [0.15, 0.2) is 0 Å². The van der Waals surface area contributed by atoms with Crippen LogP contribution >= 0.6 is 11.6 Å². The molecule has 38 heavy (non-hydrogen) atoms.